The van der Waals surface area contributed by atoms with Crippen LogP contribution in [0.2, 0.25) is 0 Å². The Morgan fingerprint density at radius 2 is 1.81 bits per heavy atom. The van der Waals surface area contributed by atoms with E-state index >= 15 is 0 Å². The number of hydrogen-bond acceptors (Lipinski definition) is 4. The molecular formula is C16H23F3N2O4S. The number of alkyl halides is 3. The third kappa shape index (κ3) is 5.96. The van der Waals surface area contributed by atoms with Crippen LogP contribution in [0.4, 0.5) is 13.2 Å². The molecule has 0 N–H and O–H groups in total. The highest BCUT2D eigenvalue weighted by molar-refractivity contribution is 7.80. The van der Waals surface area contributed by atoms with Crippen LogP contribution in [0.5, 0.6) is 0 Å². The van der Waals surface area contributed by atoms with E-state index in [2.05, 4.69) is 4.18 Å². The summed E-state index contributed by atoms with van der Waals surface area (Å²) >= 11 is 0. The van der Waals surface area contributed by atoms with E-state index in [0.717, 1.165) is 12.8 Å². The minimum Gasteiger partial charge on any atom is -0.726 e. The normalized spacial score (nSPS) is 12.1. The Kier molecular flexibility index (Phi) is 8.04. The van der Waals surface area contributed by atoms with Crippen molar-refractivity contribution in [2.45, 2.75) is 52.9 Å². The highest BCUT2D eigenvalue weighted by Crippen LogP contribution is 2.30. The molecule has 10 heteroatoms. The molecule has 2 rings (SSSR count). The van der Waals surface area contributed by atoms with E-state index in [4.69, 9.17) is 0 Å². The van der Waals surface area contributed by atoms with Gasteiger partial charge in [-0.1, -0.05) is 25.5 Å². The summed E-state index contributed by atoms with van der Waals surface area (Å²) in [5.74, 6) is -0.551. The Morgan fingerprint density at radius 1 is 1.19 bits per heavy atom. The van der Waals surface area contributed by atoms with Gasteiger partial charge in [-0.3, -0.25) is 4.18 Å². The largest absolute Gasteiger partial charge is 0.726 e. The first kappa shape index (κ1) is 22.4. The van der Waals surface area contributed by atoms with Crippen LogP contribution in [0.3, 0.4) is 0 Å². The molecular weight excluding hydrogens is 373 g/mol. The van der Waals surface area contributed by atoms with Crippen molar-refractivity contribution in [1.29, 1.82) is 0 Å². The topological polar surface area (TPSA) is 75.2 Å². The number of nitrogens with zero attached hydrogens (tertiary/aromatic N) is 2. The zero-order valence-corrected chi connectivity index (χ0v) is 15.7. The van der Waals surface area contributed by atoms with Crippen LogP contribution in [-0.2, 0) is 33.8 Å². The molecule has 1 heterocycles. The molecule has 2 aromatic rings. The maximum Gasteiger partial charge on any atom is 0.495 e. The fraction of sp³-hybridized carbons (Fsp3) is 0.562. The van der Waals surface area contributed by atoms with Crippen LogP contribution < -0.4 is 4.57 Å². The van der Waals surface area contributed by atoms with Crippen molar-refractivity contribution in [1.82, 2.24) is 4.57 Å². The Hall–Kier alpha value is -1.65. The average molecular weight is 396 g/mol. The minimum atomic E-state index is -4.42. The van der Waals surface area contributed by atoms with Crippen molar-refractivity contribution in [3.05, 3.63) is 30.1 Å². The monoisotopic (exact) mass is 396 g/mol. The van der Waals surface area contributed by atoms with Gasteiger partial charge in [0.2, 0.25) is 10.4 Å². The molecule has 0 radical (unpaired) electrons. The molecule has 0 aliphatic carbocycles. The van der Waals surface area contributed by atoms with E-state index in [1.54, 1.807) is 31.2 Å². The molecule has 0 aliphatic rings. The molecule has 0 saturated heterocycles. The standard InChI is InChI=1S/C14H18F3N2.C2H6O4S/c1-3-5-10-19-12-9-7-6-8-11(12)18(4-2)13(19)14(15,16)17;1-2-6-7(3,4)5/h6-9H,3-5,10H2,1-2H3;2H2,1H3,(H,3,4,5)/q+1;/p-1. The van der Waals surface area contributed by atoms with Gasteiger partial charge in [-0.25, -0.2) is 17.6 Å². The molecule has 0 unspecified atom stereocenters. The van der Waals surface area contributed by atoms with E-state index < -0.39 is 22.4 Å². The second-order valence-corrected chi connectivity index (χ2v) is 6.43. The number of unbranched alkanes of at least 4 members (excludes halogenated alkanes) is 1. The highest BCUT2D eigenvalue weighted by Gasteiger charge is 2.46. The summed E-state index contributed by atoms with van der Waals surface area (Å²) in [5.41, 5.74) is 1.30. The molecule has 26 heavy (non-hydrogen) atoms. The third-order valence-corrected chi connectivity index (χ3v) is 4.07. The van der Waals surface area contributed by atoms with Gasteiger partial charge >= 0.3 is 12.0 Å². The van der Waals surface area contributed by atoms with Gasteiger partial charge in [-0.05, 0) is 32.4 Å². The number of para-hydroxylation sites is 2. The number of imidazole rings is 1. The first-order valence-corrected chi connectivity index (χ1v) is 9.58. The lowest BCUT2D eigenvalue weighted by molar-refractivity contribution is -0.692. The maximum atomic E-state index is 13.3. The van der Waals surface area contributed by atoms with Crippen LogP contribution in [-0.4, -0.2) is 24.1 Å². The van der Waals surface area contributed by atoms with E-state index in [1.165, 1.54) is 16.1 Å². The Morgan fingerprint density at radius 3 is 2.23 bits per heavy atom. The molecule has 0 bridgehead atoms. The predicted octanol–water partition coefficient (Wildman–Crippen LogP) is 3.25. The molecule has 1 aromatic carbocycles. The van der Waals surface area contributed by atoms with Gasteiger partial charge in [-0.2, -0.15) is 13.2 Å². The van der Waals surface area contributed by atoms with Gasteiger partial charge in [0.1, 0.15) is 0 Å². The molecule has 0 fully saturated rings. The van der Waals surface area contributed by atoms with E-state index in [0.29, 0.717) is 24.1 Å². The smallest absolute Gasteiger partial charge is 0.495 e. The Balaban J connectivity index is 0.000000412. The van der Waals surface area contributed by atoms with Gasteiger partial charge in [0.05, 0.1) is 19.7 Å². The molecule has 0 amide bonds. The number of hydrogen-bond donors (Lipinski definition) is 0. The molecule has 1 aromatic heterocycles. The summed E-state index contributed by atoms with van der Waals surface area (Å²) in [4.78, 5) is 0. The second-order valence-electron chi connectivity index (χ2n) is 5.37. The fourth-order valence-corrected chi connectivity index (χ4v) is 2.90. The van der Waals surface area contributed by atoms with Crippen molar-refractivity contribution >= 4 is 21.4 Å². The molecule has 0 saturated carbocycles. The second kappa shape index (κ2) is 9.33. The van der Waals surface area contributed by atoms with Gasteiger partial charge in [0, 0.05) is 0 Å². The lowest BCUT2D eigenvalue weighted by Crippen LogP contribution is -2.42. The number of aryl methyl sites for hydroxylation is 2. The first-order chi connectivity index (χ1) is 12.1. The van der Waals surface area contributed by atoms with Gasteiger partial charge in [0.15, 0.2) is 11.0 Å². The van der Waals surface area contributed by atoms with Gasteiger partial charge in [0.25, 0.3) is 0 Å². The Bertz CT molecular complexity index is 817. The van der Waals surface area contributed by atoms with Crippen LogP contribution >= 0.6 is 0 Å². The van der Waals surface area contributed by atoms with Gasteiger partial charge in [-0.15, -0.1) is 0 Å². The summed E-state index contributed by atoms with van der Waals surface area (Å²) in [6, 6.07) is 7.06. The van der Waals surface area contributed by atoms with E-state index in [9.17, 15) is 26.1 Å². The van der Waals surface area contributed by atoms with Crippen LogP contribution in [0, 0.1) is 0 Å². The lowest BCUT2D eigenvalue weighted by atomic mass is 10.3. The van der Waals surface area contributed by atoms with Crippen LogP contribution in [0.25, 0.3) is 11.0 Å². The number of halogens is 3. The van der Waals surface area contributed by atoms with E-state index in [1.807, 2.05) is 6.92 Å². The van der Waals surface area contributed by atoms with Crippen molar-refractivity contribution in [2.24, 2.45) is 0 Å². The lowest BCUT2D eigenvalue weighted by Gasteiger charge is -2.06. The summed E-state index contributed by atoms with van der Waals surface area (Å²) < 4.78 is 74.7. The summed E-state index contributed by atoms with van der Waals surface area (Å²) in [6.45, 7) is 5.77. The van der Waals surface area contributed by atoms with Crippen LogP contribution in [0.1, 0.15) is 39.4 Å². The summed E-state index contributed by atoms with van der Waals surface area (Å²) in [5, 5.41) is 0. The third-order valence-electron chi connectivity index (χ3n) is 3.54. The quantitative estimate of drug-likeness (QED) is 0.427. The maximum absolute atomic E-state index is 13.3. The van der Waals surface area contributed by atoms with Crippen molar-refractivity contribution < 1.29 is 34.9 Å². The van der Waals surface area contributed by atoms with Gasteiger partial charge < -0.3 is 4.55 Å². The number of aromatic nitrogens is 2. The molecule has 0 aliphatic heterocycles. The molecule has 6 nitrogen and oxygen atoms in total. The van der Waals surface area contributed by atoms with Crippen LogP contribution in [0.15, 0.2) is 24.3 Å². The zero-order chi connectivity index (χ0) is 20.0. The number of benzene rings is 1. The number of rotatable bonds is 6. The zero-order valence-electron chi connectivity index (χ0n) is 14.9. The average Bonchev–Trinajstić information content (AvgIpc) is 2.86. The van der Waals surface area contributed by atoms with Crippen molar-refractivity contribution in [3.63, 3.8) is 0 Å². The van der Waals surface area contributed by atoms with Crippen molar-refractivity contribution in [3.8, 4) is 0 Å². The summed E-state index contributed by atoms with van der Waals surface area (Å²) in [7, 11) is -4.42. The molecule has 0 atom stereocenters. The number of fused-ring (bicyclic) bond motifs is 1. The first-order valence-electron chi connectivity index (χ1n) is 8.25. The predicted molar refractivity (Wildman–Crippen MR) is 89.0 cm³/mol. The minimum absolute atomic E-state index is 0.0914. The Labute approximate surface area is 151 Å². The van der Waals surface area contributed by atoms with E-state index in [-0.39, 0.29) is 6.61 Å². The van der Waals surface area contributed by atoms with Crippen molar-refractivity contribution in [2.75, 3.05) is 6.61 Å². The molecule has 0 spiro atoms. The molecule has 148 valence electrons. The fourth-order valence-electron chi connectivity index (χ4n) is 2.61. The highest BCUT2D eigenvalue weighted by atomic mass is 32.3. The summed E-state index contributed by atoms with van der Waals surface area (Å²) in [6.07, 6.45) is -2.72. The SMILES string of the molecule is CCCC[n+]1c(C(F)(F)F)n(CC)c2ccccc21.CCOS(=O)(=O)[O-].